The number of hydrogen-bond donors (Lipinski definition) is 1. The lowest BCUT2D eigenvalue weighted by Gasteiger charge is -2.24. The minimum atomic E-state index is -1.37. The fraction of sp³-hybridized carbons (Fsp3) is 0.222. The van der Waals surface area contributed by atoms with Crippen LogP contribution in [-0.2, 0) is 14.3 Å². The minimum Gasteiger partial charge on any atom is -0.476 e. The molecule has 0 spiro atoms. The molecule has 1 amide bonds. The maximum Gasteiger partial charge on any atom is 0.350 e. The van der Waals surface area contributed by atoms with Gasteiger partial charge in [0.25, 0.3) is 5.91 Å². The van der Waals surface area contributed by atoms with Crippen LogP contribution in [-0.4, -0.2) is 24.1 Å². The third-order valence-electron chi connectivity index (χ3n) is 3.22. The molecule has 0 saturated heterocycles. The fourth-order valence-electron chi connectivity index (χ4n) is 1.92. The zero-order valence-corrected chi connectivity index (χ0v) is 15.5. The van der Waals surface area contributed by atoms with Gasteiger partial charge >= 0.3 is 5.97 Å². The quantitative estimate of drug-likeness (QED) is 0.727. The van der Waals surface area contributed by atoms with Crippen LogP contribution in [0, 0.1) is 5.82 Å². The molecule has 0 aromatic heterocycles. The Morgan fingerprint density at radius 1 is 1.12 bits per heavy atom. The van der Waals surface area contributed by atoms with Crippen molar-refractivity contribution in [2.24, 2.45) is 0 Å². The van der Waals surface area contributed by atoms with E-state index in [1.807, 2.05) is 0 Å². The zero-order valence-electron chi connectivity index (χ0n) is 14.0. The summed E-state index contributed by atoms with van der Waals surface area (Å²) in [5, 5.41) is 3.20. The van der Waals surface area contributed by atoms with Crippen LogP contribution in [0.2, 0.25) is 10.0 Å². The summed E-state index contributed by atoms with van der Waals surface area (Å²) >= 11 is 11.7. The van der Waals surface area contributed by atoms with E-state index in [2.05, 4.69) is 5.32 Å². The molecule has 26 heavy (non-hydrogen) atoms. The second kappa shape index (κ2) is 8.38. The third kappa shape index (κ3) is 5.61. The maximum atomic E-state index is 12.9. The molecule has 0 aliphatic heterocycles. The van der Waals surface area contributed by atoms with Crippen LogP contribution in [0.25, 0.3) is 0 Å². The highest BCUT2D eigenvalue weighted by Gasteiger charge is 2.32. The van der Waals surface area contributed by atoms with E-state index in [0.717, 1.165) is 0 Å². The zero-order chi connectivity index (χ0) is 19.3. The van der Waals surface area contributed by atoms with Crippen LogP contribution in [0.1, 0.15) is 13.8 Å². The van der Waals surface area contributed by atoms with E-state index in [1.54, 1.807) is 6.07 Å². The molecule has 0 fully saturated rings. The molecule has 0 heterocycles. The lowest BCUT2D eigenvalue weighted by atomic mass is 10.1. The Morgan fingerprint density at radius 2 is 1.77 bits per heavy atom. The molecule has 0 aliphatic rings. The lowest BCUT2D eigenvalue weighted by Crippen LogP contribution is -2.41. The van der Waals surface area contributed by atoms with Crippen molar-refractivity contribution in [2.45, 2.75) is 19.4 Å². The summed E-state index contributed by atoms with van der Waals surface area (Å²) in [5.74, 6) is -1.44. The number of benzene rings is 2. The second-order valence-electron chi connectivity index (χ2n) is 5.81. The van der Waals surface area contributed by atoms with Crippen molar-refractivity contribution in [1.29, 1.82) is 0 Å². The van der Waals surface area contributed by atoms with Gasteiger partial charge in [-0.05, 0) is 56.3 Å². The van der Waals surface area contributed by atoms with Crippen LogP contribution >= 0.6 is 23.2 Å². The Labute approximate surface area is 160 Å². The van der Waals surface area contributed by atoms with Crippen molar-refractivity contribution in [3.05, 3.63) is 58.3 Å². The molecule has 0 bridgehead atoms. The number of amides is 1. The van der Waals surface area contributed by atoms with Crippen LogP contribution < -0.4 is 10.1 Å². The Morgan fingerprint density at radius 3 is 2.38 bits per heavy atom. The minimum absolute atomic E-state index is 0.261. The summed E-state index contributed by atoms with van der Waals surface area (Å²) in [7, 11) is 0. The van der Waals surface area contributed by atoms with Crippen molar-refractivity contribution < 1.29 is 23.5 Å². The van der Waals surface area contributed by atoms with Gasteiger partial charge in [-0.1, -0.05) is 23.2 Å². The SMILES string of the molecule is CC(C)(Oc1ccc(F)cc1)C(=O)OCC(=O)Nc1ccc(Cl)cc1Cl. The Bertz CT molecular complexity index is 809. The van der Waals surface area contributed by atoms with Crippen LogP contribution in [0.5, 0.6) is 5.75 Å². The normalized spacial score (nSPS) is 11.0. The first-order valence-corrected chi connectivity index (χ1v) is 8.30. The molecule has 0 unspecified atom stereocenters. The van der Waals surface area contributed by atoms with Crippen molar-refractivity contribution in [1.82, 2.24) is 0 Å². The van der Waals surface area contributed by atoms with Gasteiger partial charge in [-0.25, -0.2) is 9.18 Å². The van der Waals surface area contributed by atoms with Gasteiger partial charge in [0.05, 0.1) is 10.7 Å². The van der Waals surface area contributed by atoms with E-state index in [-0.39, 0.29) is 5.02 Å². The van der Waals surface area contributed by atoms with Crippen molar-refractivity contribution in [2.75, 3.05) is 11.9 Å². The molecule has 8 heteroatoms. The molecule has 0 radical (unpaired) electrons. The predicted octanol–water partition coefficient (Wildman–Crippen LogP) is 4.47. The predicted molar refractivity (Wildman–Crippen MR) is 97.2 cm³/mol. The standard InChI is InChI=1S/C18H16Cl2FNO4/c1-18(2,26-13-6-4-12(21)5-7-13)17(24)25-10-16(23)22-15-8-3-11(19)9-14(15)20/h3-9H,10H2,1-2H3,(H,22,23). The number of ether oxygens (including phenoxy) is 2. The first-order chi connectivity index (χ1) is 12.2. The summed E-state index contributed by atoms with van der Waals surface area (Å²) in [5.41, 5.74) is -1.02. The van der Waals surface area contributed by atoms with Gasteiger partial charge in [-0.3, -0.25) is 4.79 Å². The molecule has 2 aromatic carbocycles. The van der Waals surface area contributed by atoms with E-state index < -0.39 is 29.9 Å². The highest BCUT2D eigenvalue weighted by Crippen LogP contribution is 2.25. The van der Waals surface area contributed by atoms with Crippen LogP contribution in [0.3, 0.4) is 0 Å². The summed E-state index contributed by atoms with van der Waals surface area (Å²) in [4.78, 5) is 24.1. The Balaban J connectivity index is 1.89. The number of halogens is 3. The number of carbonyl (C=O) groups is 2. The van der Waals surface area contributed by atoms with Crippen molar-refractivity contribution >= 4 is 40.8 Å². The van der Waals surface area contributed by atoms with Gasteiger partial charge in [0.1, 0.15) is 11.6 Å². The van der Waals surface area contributed by atoms with Gasteiger partial charge < -0.3 is 14.8 Å². The summed E-state index contributed by atoms with van der Waals surface area (Å²) in [6.07, 6.45) is 0. The van der Waals surface area contributed by atoms with Gasteiger partial charge in [0.15, 0.2) is 12.2 Å². The molecule has 5 nitrogen and oxygen atoms in total. The molecule has 2 rings (SSSR count). The van der Waals surface area contributed by atoms with Crippen LogP contribution in [0.15, 0.2) is 42.5 Å². The third-order valence-corrected chi connectivity index (χ3v) is 3.77. The summed E-state index contributed by atoms with van der Waals surface area (Å²) in [6, 6.07) is 9.77. The smallest absolute Gasteiger partial charge is 0.350 e. The van der Waals surface area contributed by atoms with Crippen molar-refractivity contribution in [3.63, 3.8) is 0 Å². The number of rotatable bonds is 6. The van der Waals surface area contributed by atoms with Gasteiger partial charge in [-0.15, -0.1) is 0 Å². The van der Waals surface area contributed by atoms with E-state index >= 15 is 0 Å². The number of carbonyl (C=O) groups excluding carboxylic acids is 2. The van der Waals surface area contributed by atoms with E-state index in [0.29, 0.717) is 16.5 Å². The summed E-state index contributed by atoms with van der Waals surface area (Å²) < 4.78 is 23.4. The molecule has 0 saturated carbocycles. The van der Waals surface area contributed by atoms with E-state index in [4.69, 9.17) is 32.7 Å². The average molecular weight is 400 g/mol. The van der Waals surface area contributed by atoms with Crippen LogP contribution in [0.4, 0.5) is 10.1 Å². The molecule has 1 N–H and O–H groups in total. The number of nitrogens with one attached hydrogen (secondary N) is 1. The van der Waals surface area contributed by atoms with Crippen molar-refractivity contribution in [3.8, 4) is 5.75 Å². The lowest BCUT2D eigenvalue weighted by molar-refractivity contribution is -0.161. The first-order valence-electron chi connectivity index (χ1n) is 7.54. The Kier molecular flexibility index (Phi) is 6.45. The number of anilines is 1. The topological polar surface area (TPSA) is 64.6 Å². The molecule has 2 aromatic rings. The Hall–Kier alpha value is -2.31. The van der Waals surface area contributed by atoms with E-state index in [1.165, 1.54) is 50.2 Å². The highest BCUT2D eigenvalue weighted by atomic mass is 35.5. The fourth-order valence-corrected chi connectivity index (χ4v) is 2.38. The van der Waals surface area contributed by atoms with Gasteiger partial charge in [0.2, 0.25) is 0 Å². The summed E-state index contributed by atoms with van der Waals surface area (Å²) in [6.45, 7) is 2.44. The average Bonchev–Trinajstić information content (AvgIpc) is 2.57. The molecule has 0 atom stereocenters. The number of hydrogen-bond acceptors (Lipinski definition) is 4. The number of esters is 1. The molecule has 138 valence electrons. The molecular formula is C18H16Cl2FNO4. The molecule has 0 aliphatic carbocycles. The van der Waals surface area contributed by atoms with E-state index in [9.17, 15) is 14.0 Å². The highest BCUT2D eigenvalue weighted by molar-refractivity contribution is 6.36. The second-order valence-corrected chi connectivity index (χ2v) is 6.66. The molecular weight excluding hydrogens is 384 g/mol. The van der Waals surface area contributed by atoms with Gasteiger partial charge in [0, 0.05) is 5.02 Å². The monoisotopic (exact) mass is 399 g/mol. The van der Waals surface area contributed by atoms with Gasteiger partial charge in [-0.2, -0.15) is 0 Å². The maximum absolute atomic E-state index is 12.9. The first kappa shape index (κ1) is 20.0. The largest absolute Gasteiger partial charge is 0.476 e.